The molecule has 0 atom stereocenters. The summed E-state index contributed by atoms with van der Waals surface area (Å²) in [4.78, 5) is 3.57. The summed E-state index contributed by atoms with van der Waals surface area (Å²) >= 11 is 0. The van der Waals surface area contributed by atoms with Crippen LogP contribution in [-0.4, -0.2) is 24.3 Å². The molecule has 0 aliphatic rings. The minimum atomic E-state index is -0.00421. The SMILES string of the molecule is NCCN=C(N)NO. The Hall–Kier alpha value is -0.810. The predicted molar refractivity (Wildman–Crippen MR) is 30.5 cm³/mol. The van der Waals surface area contributed by atoms with Crippen molar-refractivity contribution in [2.24, 2.45) is 16.5 Å². The van der Waals surface area contributed by atoms with E-state index in [2.05, 4.69) is 4.99 Å². The summed E-state index contributed by atoms with van der Waals surface area (Å²) in [5, 5.41) is 8.01. The third-order valence-corrected chi connectivity index (χ3v) is 0.526. The molecule has 0 aliphatic carbocycles. The molecular formula is C3H10N4O. The Bertz CT molecular complexity index is 81.4. The second kappa shape index (κ2) is 4.35. The fourth-order valence-electron chi connectivity index (χ4n) is 0.220. The number of hydrogen-bond acceptors (Lipinski definition) is 3. The van der Waals surface area contributed by atoms with E-state index in [-0.39, 0.29) is 5.96 Å². The van der Waals surface area contributed by atoms with Crippen LogP contribution in [0.5, 0.6) is 0 Å². The molecule has 0 aromatic rings. The van der Waals surface area contributed by atoms with E-state index in [1.165, 1.54) is 0 Å². The Morgan fingerprint density at radius 3 is 2.75 bits per heavy atom. The fourth-order valence-corrected chi connectivity index (χ4v) is 0.220. The minimum Gasteiger partial charge on any atom is -0.368 e. The van der Waals surface area contributed by atoms with Gasteiger partial charge in [-0.3, -0.25) is 10.2 Å². The molecule has 6 N–H and O–H groups in total. The van der Waals surface area contributed by atoms with Crippen molar-refractivity contribution in [1.29, 1.82) is 0 Å². The van der Waals surface area contributed by atoms with Crippen molar-refractivity contribution in [2.75, 3.05) is 13.1 Å². The molecule has 0 unspecified atom stereocenters. The van der Waals surface area contributed by atoms with E-state index < -0.39 is 0 Å². The topological polar surface area (TPSA) is 96.7 Å². The van der Waals surface area contributed by atoms with Crippen molar-refractivity contribution >= 4 is 5.96 Å². The first-order valence-electron chi connectivity index (χ1n) is 2.21. The van der Waals surface area contributed by atoms with Crippen LogP contribution in [0.1, 0.15) is 0 Å². The summed E-state index contributed by atoms with van der Waals surface area (Å²) in [6, 6.07) is 0. The minimum absolute atomic E-state index is 0.00421. The van der Waals surface area contributed by atoms with Gasteiger partial charge in [0.1, 0.15) is 0 Å². The Kier molecular flexibility index (Phi) is 3.91. The molecule has 0 aromatic heterocycles. The van der Waals surface area contributed by atoms with Crippen LogP contribution in [0.3, 0.4) is 0 Å². The second-order valence-electron chi connectivity index (χ2n) is 1.17. The number of guanidine groups is 1. The lowest BCUT2D eigenvalue weighted by Gasteiger charge is -1.93. The maximum absolute atomic E-state index is 8.01. The summed E-state index contributed by atoms with van der Waals surface area (Å²) < 4.78 is 0. The molecule has 5 heteroatoms. The van der Waals surface area contributed by atoms with Gasteiger partial charge >= 0.3 is 0 Å². The zero-order valence-electron chi connectivity index (χ0n) is 4.46. The van der Waals surface area contributed by atoms with Crippen molar-refractivity contribution in [1.82, 2.24) is 5.48 Å². The number of nitrogens with zero attached hydrogens (tertiary/aromatic N) is 1. The maximum atomic E-state index is 8.01. The standard InChI is InChI=1S/C3H10N4O/c4-1-2-6-3(5)7-8/h8H,1-2,4H2,(H3,5,6,7). The molecule has 8 heavy (non-hydrogen) atoms. The number of hydroxylamine groups is 1. The summed E-state index contributed by atoms with van der Waals surface area (Å²) in [6.07, 6.45) is 0. The van der Waals surface area contributed by atoms with Crippen molar-refractivity contribution < 1.29 is 5.21 Å². The van der Waals surface area contributed by atoms with Gasteiger partial charge < -0.3 is 11.5 Å². The lowest BCUT2D eigenvalue weighted by Crippen LogP contribution is -2.29. The summed E-state index contributed by atoms with van der Waals surface area (Å²) in [6.45, 7) is 0.863. The van der Waals surface area contributed by atoms with E-state index in [0.29, 0.717) is 13.1 Å². The molecule has 0 saturated carbocycles. The highest BCUT2D eigenvalue weighted by Gasteiger charge is 1.80. The van der Waals surface area contributed by atoms with Gasteiger partial charge in [0.2, 0.25) is 5.96 Å². The first-order chi connectivity index (χ1) is 3.81. The van der Waals surface area contributed by atoms with E-state index in [1.807, 2.05) is 0 Å². The highest BCUT2D eigenvalue weighted by molar-refractivity contribution is 5.76. The lowest BCUT2D eigenvalue weighted by molar-refractivity contribution is 0.232. The molecule has 0 amide bonds. The molecule has 0 bridgehead atoms. The zero-order chi connectivity index (χ0) is 6.41. The molecule has 48 valence electrons. The molecule has 0 aliphatic heterocycles. The molecule has 0 aromatic carbocycles. The molecule has 0 radical (unpaired) electrons. The monoisotopic (exact) mass is 118 g/mol. The fraction of sp³-hybridized carbons (Fsp3) is 0.667. The summed E-state index contributed by atoms with van der Waals surface area (Å²) in [5.41, 5.74) is 11.7. The van der Waals surface area contributed by atoms with Gasteiger partial charge in [-0.05, 0) is 0 Å². The largest absolute Gasteiger partial charge is 0.368 e. The zero-order valence-corrected chi connectivity index (χ0v) is 4.46. The average Bonchev–Trinajstić information content (AvgIpc) is 1.83. The van der Waals surface area contributed by atoms with Crippen LogP contribution < -0.4 is 16.9 Å². The molecule has 0 rings (SSSR count). The quantitative estimate of drug-likeness (QED) is 0.196. The van der Waals surface area contributed by atoms with Crippen LogP contribution in [0, 0.1) is 0 Å². The summed E-state index contributed by atoms with van der Waals surface area (Å²) in [7, 11) is 0. The Labute approximate surface area is 47.3 Å². The summed E-state index contributed by atoms with van der Waals surface area (Å²) in [5.74, 6) is -0.00421. The second-order valence-corrected chi connectivity index (χ2v) is 1.17. The number of nitrogens with one attached hydrogen (secondary N) is 1. The first kappa shape index (κ1) is 7.19. The van der Waals surface area contributed by atoms with Gasteiger partial charge in [-0.15, -0.1) is 0 Å². The normalized spacial score (nSPS) is 11.5. The predicted octanol–water partition coefficient (Wildman–Crippen LogP) is -1.76. The highest BCUT2D eigenvalue weighted by Crippen LogP contribution is 1.61. The van der Waals surface area contributed by atoms with Crippen LogP contribution in [0.4, 0.5) is 0 Å². The number of nitrogens with two attached hydrogens (primary N) is 2. The van der Waals surface area contributed by atoms with E-state index >= 15 is 0 Å². The number of hydrogen-bond donors (Lipinski definition) is 4. The van der Waals surface area contributed by atoms with Crippen LogP contribution >= 0.6 is 0 Å². The third kappa shape index (κ3) is 3.38. The van der Waals surface area contributed by atoms with Crippen molar-refractivity contribution in [2.45, 2.75) is 0 Å². The lowest BCUT2D eigenvalue weighted by atomic mass is 10.7. The van der Waals surface area contributed by atoms with Gasteiger partial charge in [-0.25, -0.2) is 5.48 Å². The number of rotatable bonds is 2. The molecule has 0 saturated heterocycles. The first-order valence-corrected chi connectivity index (χ1v) is 2.21. The van der Waals surface area contributed by atoms with Gasteiger partial charge in [-0.2, -0.15) is 0 Å². The molecule has 0 fully saturated rings. The van der Waals surface area contributed by atoms with E-state index in [0.717, 1.165) is 0 Å². The molecule has 0 spiro atoms. The van der Waals surface area contributed by atoms with Gasteiger partial charge in [0.25, 0.3) is 0 Å². The number of aliphatic imine (C=N–C) groups is 1. The van der Waals surface area contributed by atoms with Crippen LogP contribution in [0.15, 0.2) is 4.99 Å². The Morgan fingerprint density at radius 2 is 2.38 bits per heavy atom. The van der Waals surface area contributed by atoms with Gasteiger partial charge in [0.15, 0.2) is 0 Å². The highest BCUT2D eigenvalue weighted by atomic mass is 16.5. The van der Waals surface area contributed by atoms with Gasteiger partial charge in [0, 0.05) is 6.54 Å². The van der Waals surface area contributed by atoms with Crippen LogP contribution in [-0.2, 0) is 0 Å². The van der Waals surface area contributed by atoms with Crippen molar-refractivity contribution in [3.8, 4) is 0 Å². The van der Waals surface area contributed by atoms with Crippen molar-refractivity contribution in [3.05, 3.63) is 0 Å². The van der Waals surface area contributed by atoms with Crippen LogP contribution in [0.2, 0.25) is 0 Å². The molecular weight excluding hydrogens is 108 g/mol. The Balaban J connectivity index is 3.26. The molecule has 5 nitrogen and oxygen atoms in total. The van der Waals surface area contributed by atoms with Gasteiger partial charge in [0.05, 0.1) is 6.54 Å². The Morgan fingerprint density at radius 1 is 1.75 bits per heavy atom. The van der Waals surface area contributed by atoms with Crippen molar-refractivity contribution in [3.63, 3.8) is 0 Å². The van der Waals surface area contributed by atoms with Gasteiger partial charge in [-0.1, -0.05) is 0 Å². The average molecular weight is 118 g/mol. The van der Waals surface area contributed by atoms with E-state index in [9.17, 15) is 0 Å². The third-order valence-electron chi connectivity index (χ3n) is 0.526. The van der Waals surface area contributed by atoms with E-state index in [4.69, 9.17) is 16.7 Å². The van der Waals surface area contributed by atoms with Crippen LogP contribution in [0.25, 0.3) is 0 Å². The maximum Gasteiger partial charge on any atom is 0.212 e. The molecule has 0 heterocycles. The van der Waals surface area contributed by atoms with E-state index in [1.54, 1.807) is 5.48 Å². The smallest absolute Gasteiger partial charge is 0.212 e.